The van der Waals surface area contributed by atoms with Gasteiger partial charge in [0.15, 0.2) is 0 Å². The molecule has 0 aliphatic carbocycles. The molecule has 4 heteroatoms. The number of rotatable bonds is 15. The minimum absolute atomic E-state index is 0. The molecular formula is C18H34NaO3+. The van der Waals surface area contributed by atoms with Crippen LogP contribution in [0.5, 0.6) is 0 Å². The van der Waals surface area contributed by atoms with Crippen LogP contribution in [-0.2, 0) is 9.53 Å². The van der Waals surface area contributed by atoms with Gasteiger partial charge in [-0.3, -0.25) is 4.79 Å². The van der Waals surface area contributed by atoms with Crippen LogP contribution in [0.4, 0.5) is 0 Å². The molecule has 1 aliphatic rings. The Morgan fingerprint density at radius 3 is 1.77 bits per heavy atom. The van der Waals surface area contributed by atoms with Crippen molar-refractivity contribution < 1.29 is 44.2 Å². The van der Waals surface area contributed by atoms with Gasteiger partial charge in [-0.05, 0) is 19.3 Å². The molecule has 1 heterocycles. The van der Waals surface area contributed by atoms with Crippen molar-refractivity contribution >= 4 is 5.97 Å². The Bertz CT molecular complexity index is 271. The Hall–Kier alpha value is 0.430. The van der Waals surface area contributed by atoms with Crippen LogP contribution in [0.25, 0.3) is 0 Å². The number of epoxide rings is 1. The first-order chi connectivity index (χ1) is 10.2. The average molecular weight is 321 g/mol. The van der Waals surface area contributed by atoms with Crippen molar-refractivity contribution in [3.8, 4) is 0 Å². The molecular weight excluding hydrogens is 287 g/mol. The first kappa shape index (κ1) is 22.4. The van der Waals surface area contributed by atoms with Gasteiger partial charge in [0, 0.05) is 6.42 Å². The van der Waals surface area contributed by atoms with E-state index in [-0.39, 0.29) is 29.6 Å². The quantitative estimate of drug-likeness (QED) is 0.286. The minimum Gasteiger partial charge on any atom is -0.481 e. The van der Waals surface area contributed by atoms with Gasteiger partial charge in [0.2, 0.25) is 0 Å². The molecule has 0 aromatic rings. The molecule has 0 aromatic heterocycles. The number of carbonyl (C=O) groups is 1. The Labute approximate surface area is 158 Å². The zero-order valence-corrected chi connectivity index (χ0v) is 16.8. The summed E-state index contributed by atoms with van der Waals surface area (Å²) in [4.78, 5) is 10.4. The molecule has 0 aromatic carbocycles. The molecule has 1 aliphatic heterocycles. The molecule has 0 amide bonds. The maximum Gasteiger partial charge on any atom is 1.00 e. The Balaban J connectivity index is 0.00000441. The fourth-order valence-electron chi connectivity index (χ4n) is 2.96. The number of aliphatic carboxylic acids is 1. The predicted molar refractivity (Wildman–Crippen MR) is 86.6 cm³/mol. The fourth-order valence-corrected chi connectivity index (χ4v) is 2.96. The van der Waals surface area contributed by atoms with Crippen LogP contribution in [0, 0.1) is 0 Å². The SMILES string of the molecule is CCCCCCCCC1OC1CCCCCCCC(=O)O.[Na+]. The van der Waals surface area contributed by atoms with E-state index < -0.39 is 5.97 Å². The van der Waals surface area contributed by atoms with Gasteiger partial charge in [-0.1, -0.05) is 71.1 Å². The number of hydrogen-bond acceptors (Lipinski definition) is 2. The molecule has 0 saturated carbocycles. The van der Waals surface area contributed by atoms with Crippen molar-refractivity contribution in [1.29, 1.82) is 0 Å². The first-order valence-electron chi connectivity index (χ1n) is 9.11. The summed E-state index contributed by atoms with van der Waals surface area (Å²) in [7, 11) is 0. The third-order valence-corrected chi connectivity index (χ3v) is 4.41. The molecule has 0 bridgehead atoms. The summed E-state index contributed by atoms with van der Waals surface area (Å²) in [6.07, 6.45) is 17.6. The zero-order valence-electron chi connectivity index (χ0n) is 14.8. The molecule has 1 N–H and O–H groups in total. The van der Waals surface area contributed by atoms with Crippen LogP contribution >= 0.6 is 0 Å². The van der Waals surface area contributed by atoms with E-state index in [1.165, 1.54) is 70.6 Å². The van der Waals surface area contributed by atoms with Crippen molar-refractivity contribution in [2.24, 2.45) is 0 Å². The summed E-state index contributed by atoms with van der Waals surface area (Å²) in [5.74, 6) is -0.668. The second kappa shape index (κ2) is 15.0. The fraction of sp³-hybridized carbons (Fsp3) is 0.944. The van der Waals surface area contributed by atoms with E-state index >= 15 is 0 Å². The monoisotopic (exact) mass is 321 g/mol. The van der Waals surface area contributed by atoms with Gasteiger partial charge >= 0.3 is 35.5 Å². The van der Waals surface area contributed by atoms with Crippen LogP contribution in [0.15, 0.2) is 0 Å². The number of ether oxygens (including phenoxy) is 1. The predicted octanol–water partition coefficient (Wildman–Crippen LogP) is 2.32. The molecule has 1 rings (SSSR count). The second-order valence-electron chi connectivity index (χ2n) is 6.47. The molecule has 1 saturated heterocycles. The van der Waals surface area contributed by atoms with E-state index in [9.17, 15) is 4.79 Å². The van der Waals surface area contributed by atoms with E-state index in [0.29, 0.717) is 18.6 Å². The molecule has 2 unspecified atom stereocenters. The number of hydrogen-bond donors (Lipinski definition) is 1. The number of carboxylic acid groups (broad SMARTS) is 1. The minimum atomic E-state index is -0.668. The molecule has 3 nitrogen and oxygen atoms in total. The van der Waals surface area contributed by atoms with Gasteiger partial charge in [0.25, 0.3) is 0 Å². The standard InChI is InChI=1S/C18H34O3.Na/c1-2-3-4-5-7-10-13-16-17(21-16)14-11-8-6-9-12-15-18(19)20;/h16-17H,2-15H2,1H3,(H,19,20);/q;+1. The topological polar surface area (TPSA) is 49.8 Å². The smallest absolute Gasteiger partial charge is 0.481 e. The van der Waals surface area contributed by atoms with E-state index in [2.05, 4.69) is 6.92 Å². The van der Waals surface area contributed by atoms with E-state index in [1.54, 1.807) is 0 Å². The molecule has 22 heavy (non-hydrogen) atoms. The Morgan fingerprint density at radius 2 is 1.27 bits per heavy atom. The summed E-state index contributed by atoms with van der Waals surface area (Å²) >= 11 is 0. The van der Waals surface area contributed by atoms with Crippen molar-refractivity contribution in [2.45, 2.75) is 109 Å². The molecule has 124 valence electrons. The van der Waals surface area contributed by atoms with Crippen LogP contribution in [0.2, 0.25) is 0 Å². The van der Waals surface area contributed by atoms with Crippen molar-refractivity contribution in [1.82, 2.24) is 0 Å². The van der Waals surface area contributed by atoms with Gasteiger partial charge < -0.3 is 9.84 Å². The number of unbranched alkanes of at least 4 members (excludes halogenated alkanes) is 9. The maximum absolute atomic E-state index is 10.4. The largest absolute Gasteiger partial charge is 1.00 e. The van der Waals surface area contributed by atoms with Crippen molar-refractivity contribution in [3.05, 3.63) is 0 Å². The molecule has 1 fully saturated rings. The normalized spacial score (nSPS) is 19.7. The summed E-state index contributed by atoms with van der Waals surface area (Å²) in [6, 6.07) is 0. The third kappa shape index (κ3) is 12.9. The van der Waals surface area contributed by atoms with Gasteiger partial charge in [0.1, 0.15) is 0 Å². The van der Waals surface area contributed by atoms with E-state index in [1.807, 2.05) is 0 Å². The molecule has 0 radical (unpaired) electrons. The summed E-state index contributed by atoms with van der Waals surface area (Å²) in [6.45, 7) is 2.26. The maximum atomic E-state index is 10.4. The van der Waals surface area contributed by atoms with Crippen LogP contribution in [0.1, 0.15) is 96.8 Å². The first-order valence-corrected chi connectivity index (χ1v) is 9.11. The Morgan fingerprint density at radius 1 is 0.818 bits per heavy atom. The second-order valence-corrected chi connectivity index (χ2v) is 6.47. The summed E-state index contributed by atoms with van der Waals surface area (Å²) in [5.41, 5.74) is 0. The number of carboxylic acids is 1. The van der Waals surface area contributed by atoms with Crippen molar-refractivity contribution in [3.63, 3.8) is 0 Å². The van der Waals surface area contributed by atoms with Crippen LogP contribution < -0.4 is 29.6 Å². The average Bonchev–Trinajstić information content (AvgIpc) is 3.20. The summed E-state index contributed by atoms with van der Waals surface area (Å²) in [5, 5.41) is 8.54. The summed E-state index contributed by atoms with van der Waals surface area (Å²) < 4.78 is 5.73. The Kier molecular flexibility index (Phi) is 15.3. The van der Waals surface area contributed by atoms with Gasteiger partial charge in [0.05, 0.1) is 12.2 Å². The molecule has 2 atom stereocenters. The third-order valence-electron chi connectivity index (χ3n) is 4.41. The van der Waals surface area contributed by atoms with Gasteiger partial charge in [-0.15, -0.1) is 0 Å². The zero-order chi connectivity index (χ0) is 15.3. The molecule has 0 spiro atoms. The van der Waals surface area contributed by atoms with Gasteiger partial charge in [-0.2, -0.15) is 0 Å². The van der Waals surface area contributed by atoms with Crippen LogP contribution in [-0.4, -0.2) is 23.3 Å². The van der Waals surface area contributed by atoms with E-state index in [0.717, 1.165) is 12.8 Å². The van der Waals surface area contributed by atoms with Crippen molar-refractivity contribution in [2.75, 3.05) is 0 Å². The van der Waals surface area contributed by atoms with Gasteiger partial charge in [-0.25, -0.2) is 0 Å². The van der Waals surface area contributed by atoms with Crippen LogP contribution in [0.3, 0.4) is 0 Å². The van der Waals surface area contributed by atoms with E-state index in [4.69, 9.17) is 9.84 Å².